The summed E-state index contributed by atoms with van der Waals surface area (Å²) in [5.74, 6) is 1.20. The number of carbonyl (C=O) groups is 1. The molecular formula is C15H10BrNO3. The molecule has 3 rings (SSSR count). The number of aromatic nitrogens is 1. The summed E-state index contributed by atoms with van der Waals surface area (Å²) in [6, 6.07) is 8.99. The predicted molar refractivity (Wildman–Crippen MR) is 77.9 cm³/mol. The zero-order valence-electron chi connectivity index (χ0n) is 10.4. The lowest BCUT2D eigenvalue weighted by Crippen LogP contribution is -1.93. The third-order valence-corrected chi connectivity index (χ3v) is 3.29. The Balaban J connectivity index is 1.78. The molecule has 0 saturated carbocycles. The molecule has 0 unspecified atom stereocenters. The number of nitrogens with zero attached hydrogens (tertiary/aromatic N) is 1. The topological polar surface area (TPSA) is 48.4 Å². The maximum absolute atomic E-state index is 12.0. The van der Waals surface area contributed by atoms with Crippen LogP contribution in [0.3, 0.4) is 0 Å². The number of hydrogen-bond donors (Lipinski definition) is 0. The second-order valence-electron chi connectivity index (χ2n) is 4.17. The molecule has 0 aliphatic carbocycles. The third-order valence-electron chi connectivity index (χ3n) is 2.80. The molecule has 0 radical (unpaired) electrons. The van der Waals surface area contributed by atoms with Crippen LogP contribution in [0, 0.1) is 0 Å². The van der Waals surface area contributed by atoms with Crippen LogP contribution in [-0.4, -0.2) is 17.6 Å². The van der Waals surface area contributed by atoms with Crippen LogP contribution in [0.5, 0.6) is 11.5 Å². The van der Waals surface area contributed by atoms with Gasteiger partial charge in [0.2, 0.25) is 6.79 Å². The Hall–Kier alpha value is -2.14. The number of carbonyl (C=O) groups excluding carboxylic acids is 1. The number of ketones is 1. The highest BCUT2D eigenvalue weighted by Crippen LogP contribution is 2.31. The van der Waals surface area contributed by atoms with Crippen molar-refractivity contribution in [2.45, 2.75) is 0 Å². The lowest BCUT2D eigenvalue weighted by molar-refractivity contribution is 0.104. The van der Waals surface area contributed by atoms with Gasteiger partial charge in [0.25, 0.3) is 0 Å². The Morgan fingerprint density at radius 1 is 1.25 bits per heavy atom. The van der Waals surface area contributed by atoms with Crippen molar-refractivity contribution in [2.75, 3.05) is 6.79 Å². The summed E-state index contributed by atoms with van der Waals surface area (Å²) in [5.41, 5.74) is 1.27. The molecule has 1 aromatic carbocycles. The first kappa shape index (κ1) is 12.9. The van der Waals surface area contributed by atoms with Gasteiger partial charge in [-0.1, -0.05) is 28.1 Å². The molecule has 0 atom stereocenters. The monoisotopic (exact) mass is 331 g/mol. The molecule has 0 saturated heterocycles. The molecule has 100 valence electrons. The van der Waals surface area contributed by atoms with E-state index in [1.807, 2.05) is 12.1 Å². The summed E-state index contributed by atoms with van der Waals surface area (Å²) >= 11 is 3.34. The summed E-state index contributed by atoms with van der Waals surface area (Å²) in [7, 11) is 0. The first-order valence-electron chi connectivity index (χ1n) is 5.96. The van der Waals surface area contributed by atoms with Crippen molar-refractivity contribution in [1.82, 2.24) is 4.98 Å². The van der Waals surface area contributed by atoms with Crippen LogP contribution in [0.2, 0.25) is 0 Å². The Morgan fingerprint density at radius 3 is 2.95 bits per heavy atom. The van der Waals surface area contributed by atoms with Crippen LogP contribution in [0.15, 0.2) is 47.1 Å². The van der Waals surface area contributed by atoms with Crippen LogP contribution in [-0.2, 0) is 0 Å². The van der Waals surface area contributed by atoms with Crippen LogP contribution >= 0.6 is 15.9 Å². The van der Waals surface area contributed by atoms with E-state index >= 15 is 0 Å². The van der Waals surface area contributed by atoms with Crippen molar-refractivity contribution >= 4 is 27.8 Å². The fourth-order valence-corrected chi connectivity index (χ4v) is 2.21. The Morgan fingerprint density at radius 2 is 2.10 bits per heavy atom. The van der Waals surface area contributed by atoms with Crippen molar-refractivity contribution in [1.29, 1.82) is 0 Å². The summed E-state index contributed by atoms with van der Waals surface area (Å²) in [6.45, 7) is 0.209. The molecular weight excluding hydrogens is 322 g/mol. The van der Waals surface area contributed by atoms with Gasteiger partial charge < -0.3 is 9.47 Å². The molecule has 5 heteroatoms. The van der Waals surface area contributed by atoms with Gasteiger partial charge in [-0.15, -0.1) is 0 Å². The van der Waals surface area contributed by atoms with E-state index in [4.69, 9.17) is 9.47 Å². The van der Waals surface area contributed by atoms with Crippen molar-refractivity contribution in [3.63, 3.8) is 0 Å². The standard InChI is InChI=1S/C15H10BrNO3/c16-11-3-1-2-10(6-11)13(18)5-4-12-7-14-15(8-17-12)20-9-19-14/h1-8H,9H2. The number of hydrogen-bond acceptors (Lipinski definition) is 4. The summed E-state index contributed by atoms with van der Waals surface area (Å²) < 4.78 is 11.3. The van der Waals surface area contributed by atoms with Crippen molar-refractivity contribution < 1.29 is 14.3 Å². The number of halogens is 1. The molecule has 4 nitrogen and oxygen atoms in total. The average molecular weight is 332 g/mol. The van der Waals surface area contributed by atoms with E-state index in [0.29, 0.717) is 22.8 Å². The molecule has 0 N–H and O–H groups in total. The minimum Gasteiger partial charge on any atom is -0.453 e. The molecule has 1 aromatic heterocycles. The summed E-state index contributed by atoms with van der Waals surface area (Å²) in [5, 5.41) is 0. The van der Waals surface area contributed by atoms with E-state index in [1.54, 1.807) is 30.5 Å². The number of pyridine rings is 1. The van der Waals surface area contributed by atoms with E-state index in [0.717, 1.165) is 4.47 Å². The molecule has 0 bridgehead atoms. The van der Waals surface area contributed by atoms with E-state index in [-0.39, 0.29) is 12.6 Å². The minimum atomic E-state index is -0.0780. The molecule has 1 aliphatic heterocycles. The second kappa shape index (κ2) is 5.46. The molecule has 1 aliphatic rings. The molecule has 2 heterocycles. The van der Waals surface area contributed by atoms with E-state index in [1.165, 1.54) is 6.08 Å². The van der Waals surface area contributed by atoms with Crippen LogP contribution in [0.1, 0.15) is 16.1 Å². The summed E-state index contributed by atoms with van der Waals surface area (Å²) in [4.78, 5) is 16.2. The molecule has 2 aromatic rings. The van der Waals surface area contributed by atoms with Gasteiger partial charge in [0.15, 0.2) is 17.3 Å². The van der Waals surface area contributed by atoms with Crippen molar-refractivity contribution in [2.24, 2.45) is 0 Å². The predicted octanol–water partition coefficient (Wildman–Crippen LogP) is 3.47. The zero-order valence-corrected chi connectivity index (χ0v) is 12.0. The normalized spacial score (nSPS) is 12.8. The lowest BCUT2D eigenvalue weighted by Gasteiger charge is -1.98. The van der Waals surface area contributed by atoms with Crippen molar-refractivity contribution in [3.8, 4) is 11.5 Å². The zero-order chi connectivity index (χ0) is 13.9. The largest absolute Gasteiger partial charge is 0.453 e. The first-order chi connectivity index (χ1) is 9.72. The third kappa shape index (κ3) is 2.72. The van der Waals surface area contributed by atoms with Gasteiger partial charge in [-0.3, -0.25) is 9.78 Å². The number of ether oxygens (including phenoxy) is 2. The van der Waals surface area contributed by atoms with Gasteiger partial charge in [-0.2, -0.15) is 0 Å². The SMILES string of the molecule is O=C(C=Cc1cc2c(cn1)OCO2)c1cccc(Br)c1. The maximum atomic E-state index is 12.0. The quantitative estimate of drug-likeness (QED) is 0.638. The Labute approximate surface area is 124 Å². The average Bonchev–Trinajstić information content (AvgIpc) is 2.92. The van der Waals surface area contributed by atoms with Crippen LogP contribution in [0.4, 0.5) is 0 Å². The smallest absolute Gasteiger partial charge is 0.231 e. The molecule has 0 fully saturated rings. The highest BCUT2D eigenvalue weighted by atomic mass is 79.9. The fraction of sp³-hybridized carbons (Fsp3) is 0.0667. The fourth-order valence-electron chi connectivity index (χ4n) is 1.81. The van der Waals surface area contributed by atoms with Crippen LogP contribution in [0.25, 0.3) is 6.08 Å². The van der Waals surface area contributed by atoms with Crippen molar-refractivity contribution in [3.05, 3.63) is 58.3 Å². The van der Waals surface area contributed by atoms with Gasteiger partial charge >= 0.3 is 0 Å². The van der Waals surface area contributed by atoms with Gasteiger partial charge in [-0.25, -0.2) is 0 Å². The van der Waals surface area contributed by atoms with Crippen LogP contribution < -0.4 is 9.47 Å². The second-order valence-corrected chi connectivity index (χ2v) is 5.09. The Kier molecular flexibility index (Phi) is 3.52. The minimum absolute atomic E-state index is 0.0780. The number of rotatable bonds is 3. The van der Waals surface area contributed by atoms with Gasteiger partial charge in [0, 0.05) is 16.1 Å². The Bertz CT molecular complexity index is 697. The highest BCUT2D eigenvalue weighted by molar-refractivity contribution is 9.10. The summed E-state index contributed by atoms with van der Waals surface area (Å²) in [6.07, 6.45) is 4.74. The lowest BCUT2D eigenvalue weighted by atomic mass is 10.1. The number of allylic oxidation sites excluding steroid dienone is 1. The van der Waals surface area contributed by atoms with E-state index < -0.39 is 0 Å². The van der Waals surface area contributed by atoms with Gasteiger partial charge in [0.1, 0.15) is 0 Å². The first-order valence-corrected chi connectivity index (χ1v) is 6.75. The van der Waals surface area contributed by atoms with E-state index in [9.17, 15) is 4.79 Å². The maximum Gasteiger partial charge on any atom is 0.231 e. The van der Waals surface area contributed by atoms with Gasteiger partial charge in [-0.05, 0) is 24.3 Å². The molecule has 0 spiro atoms. The molecule has 20 heavy (non-hydrogen) atoms. The molecule has 0 amide bonds. The number of benzene rings is 1. The number of fused-ring (bicyclic) bond motifs is 1. The van der Waals surface area contributed by atoms with Gasteiger partial charge in [0.05, 0.1) is 11.9 Å². The van der Waals surface area contributed by atoms with E-state index in [2.05, 4.69) is 20.9 Å². The highest BCUT2D eigenvalue weighted by Gasteiger charge is 2.13.